The number of amides is 1. The second kappa shape index (κ2) is 4.02. The summed E-state index contributed by atoms with van der Waals surface area (Å²) in [5.74, 6) is 0.899. The van der Waals surface area contributed by atoms with Crippen LogP contribution in [0.2, 0.25) is 0 Å². The van der Waals surface area contributed by atoms with Crippen LogP contribution in [0.3, 0.4) is 0 Å². The molecule has 1 aromatic rings. The van der Waals surface area contributed by atoms with Crippen molar-refractivity contribution < 1.29 is 4.79 Å². The van der Waals surface area contributed by atoms with E-state index in [0.29, 0.717) is 0 Å². The summed E-state index contributed by atoms with van der Waals surface area (Å²) in [5.41, 5.74) is 5.46. The largest absolute Gasteiger partial charge is 0.281 e. The van der Waals surface area contributed by atoms with E-state index in [-0.39, 0.29) is 17.9 Å². The summed E-state index contributed by atoms with van der Waals surface area (Å²) >= 11 is 1.60. The average Bonchev–Trinajstić information content (AvgIpc) is 2.71. The minimum absolute atomic E-state index is 0.0645. The monoisotopic (exact) mass is 223 g/mol. The first kappa shape index (κ1) is 10.2. The van der Waals surface area contributed by atoms with Gasteiger partial charge in [0.25, 0.3) is 5.91 Å². The molecule has 15 heavy (non-hydrogen) atoms. The van der Waals surface area contributed by atoms with Gasteiger partial charge in [0.15, 0.2) is 5.84 Å². The van der Waals surface area contributed by atoms with Crippen LogP contribution in [0, 0.1) is 5.92 Å². The van der Waals surface area contributed by atoms with Crippen molar-refractivity contribution in [2.45, 2.75) is 19.9 Å². The molecule has 4 nitrogen and oxygen atoms in total. The lowest BCUT2D eigenvalue weighted by Crippen LogP contribution is -2.52. The van der Waals surface area contributed by atoms with Crippen molar-refractivity contribution in [1.29, 1.82) is 0 Å². The summed E-state index contributed by atoms with van der Waals surface area (Å²) in [6.45, 7) is 3.98. The zero-order chi connectivity index (χ0) is 10.8. The normalized spacial score (nSPS) is 20.9. The number of hydrogen-bond acceptors (Lipinski definition) is 4. The van der Waals surface area contributed by atoms with Gasteiger partial charge >= 0.3 is 0 Å². The maximum absolute atomic E-state index is 11.5. The van der Waals surface area contributed by atoms with Crippen LogP contribution >= 0.6 is 11.3 Å². The molecule has 0 aliphatic carbocycles. The van der Waals surface area contributed by atoms with Gasteiger partial charge in [-0.3, -0.25) is 20.6 Å². The Bertz CT molecular complexity index is 383. The number of amidine groups is 1. The maximum atomic E-state index is 11.5. The zero-order valence-corrected chi connectivity index (χ0v) is 9.47. The second-order valence-corrected chi connectivity index (χ2v) is 4.71. The number of nitrogens with one attached hydrogen (secondary N) is 2. The maximum Gasteiger partial charge on any atom is 0.263 e. The molecule has 1 amide bonds. The first-order valence-corrected chi connectivity index (χ1v) is 5.74. The van der Waals surface area contributed by atoms with Crippen molar-refractivity contribution in [2.24, 2.45) is 10.9 Å². The van der Waals surface area contributed by atoms with Crippen LogP contribution in [0.25, 0.3) is 0 Å². The molecule has 1 atom stereocenters. The van der Waals surface area contributed by atoms with Crippen LogP contribution in [0.15, 0.2) is 22.5 Å². The van der Waals surface area contributed by atoms with Crippen LogP contribution < -0.4 is 10.9 Å². The number of thiophene rings is 1. The van der Waals surface area contributed by atoms with Gasteiger partial charge in [-0.25, -0.2) is 0 Å². The van der Waals surface area contributed by atoms with Crippen LogP contribution in [0.4, 0.5) is 0 Å². The fourth-order valence-electron chi connectivity index (χ4n) is 1.42. The van der Waals surface area contributed by atoms with E-state index in [2.05, 4.69) is 15.8 Å². The van der Waals surface area contributed by atoms with Crippen molar-refractivity contribution in [3.8, 4) is 0 Å². The Hall–Kier alpha value is -1.36. The molecule has 5 heteroatoms. The van der Waals surface area contributed by atoms with Crippen molar-refractivity contribution >= 4 is 23.1 Å². The summed E-state index contributed by atoms with van der Waals surface area (Å²) in [7, 11) is 0. The Kier molecular flexibility index (Phi) is 2.73. The van der Waals surface area contributed by atoms with E-state index < -0.39 is 0 Å². The number of rotatable bonds is 2. The van der Waals surface area contributed by atoms with Crippen LogP contribution in [0.1, 0.15) is 18.7 Å². The van der Waals surface area contributed by atoms with Crippen LogP contribution in [-0.4, -0.2) is 17.8 Å². The van der Waals surface area contributed by atoms with Gasteiger partial charge in [0.1, 0.15) is 6.04 Å². The highest BCUT2D eigenvalue weighted by atomic mass is 32.1. The first-order chi connectivity index (χ1) is 7.18. The smallest absolute Gasteiger partial charge is 0.263 e. The molecule has 1 unspecified atom stereocenters. The molecule has 2 rings (SSSR count). The molecule has 0 saturated heterocycles. The lowest BCUT2D eigenvalue weighted by Gasteiger charge is -2.23. The number of hydrazine groups is 1. The average molecular weight is 223 g/mol. The quantitative estimate of drug-likeness (QED) is 0.790. The van der Waals surface area contributed by atoms with E-state index in [9.17, 15) is 4.79 Å². The molecule has 2 N–H and O–H groups in total. The van der Waals surface area contributed by atoms with Crippen molar-refractivity contribution in [3.63, 3.8) is 0 Å². The fourth-order valence-corrected chi connectivity index (χ4v) is 2.09. The highest BCUT2D eigenvalue weighted by molar-refractivity contribution is 7.12. The Balaban J connectivity index is 2.27. The number of nitrogens with zero attached hydrogens (tertiary/aromatic N) is 1. The Morgan fingerprint density at radius 3 is 2.87 bits per heavy atom. The molecule has 1 aliphatic rings. The molecule has 80 valence electrons. The van der Waals surface area contributed by atoms with Gasteiger partial charge in [-0.2, -0.15) is 0 Å². The molecule has 0 saturated carbocycles. The Morgan fingerprint density at radius 2 is 2.27 bits per heavy atom. The third-order valence-electron chi connectivity index (χ3n) is 2.23. The molecule has 0 aromatic carbocycles. The minimum Gasteiger partial charge on any atom is -0.281 e. The predicted octanol–water partition coefficient (Wildman–Crippen LogP) is 1.15. The Labute approximate surface area is 92.4 Å². The van der Waals surface area contributed by atoms with E-state index in [4.69, 9.17) is 0 Å². The molecule has 0 bridgehead atoms. The van der Waals surface area contributed by atoms with Gasteiger partial charge in [-0.15, -0.1) is 11.3 Å². The molecule has 0 spiro atoms. The van der Waals surface area contributed by atoms with Gasteiger partial charge in [-0.05, 0) is 17.4 Å². The molecule has 0 fully saturated rings. The lowest BCUT2D eigenvalue weighted by molar-refractivity contribution is -0.124. The van der Waals surface area contributed by atoms with Gasteiger partial charge in [0.05, 0.1) is 4.88 Å². The molecule has 0 radical (unpaired) electrons. The molecule has 1 aliphatic heterocycles. The van der Waals surface area contributed by atoms with Gasteiger partial charge in [0, 0.05) is 0 Å². The summed E-state index contributed by atoms with van der Waals surface area (Å²) in [6, 6.07) is 3.65. The summed E-state index contributed by atoms with van der Waals surface area (Å²) < 4.78 is 0. The first-order valence-electron chi connectivity index (χ1n) is 4.86. The van der Waals surface area contributed by atoms with E-state index in [1.807, 2.05) is 31.4 Å². The molecular weight excluding hydrogens is 210 g/mol. The van der Waals surface area contributed by atoms with E-state index in [1.165, 1.54) is 0 Å². The zero-order valence-electron chi connectivity index (χ0n) is 8.65. The SMILES string of the molecule is CC(C)C1N=C(c2cccs2)NNC1=O. The topological polar surface area (TPSA) is 53.5 Å². The summed E-state index contributed by atoms with van der Waals surface area (Å²) in [5, 5.41) is 1.99. The van der Waals surface area contributed by atoms with Crippen molar-refractivity contribution in [2.75, 3.05) is 0 Å². The highest BCUT2D eigenvalue weighted by Crippen LogP contribution is 2.14. The fraction of sp³-hybridized carbons (Fsp3) is 0.400. The molecular formula is C10H13N3OS. The van der Waals surface area contributed by atoms with Crippen LogP contribution in [0.5, 0.6) is 0 Å². The molecule has 2 heterocycles. The minimum atomic E-state index is -0.289. The Morgan fingerprint density at radius 1 is 1.47 bits per heavy atom. The molecule has 1 aromatic heterocycles. The highest BCUT2D eigenvalue weighted by Gasteiger charge is 2.26. The van der Waals surface area contributed by atoms with Gasteiger partial charge in [0.2, 0.25) is 0 Å². The predicted molar refractivity (Wildman–Crippen MR) is 60.8 cm³/mol. The van der Waals surface area contributed by atoms with E-state index >= 15 is 0 Å². The van der Waals surface area contributed by atoms with E-state index in [0.717, 1.165) is 10.7 Å². The van der Waals surface area contributed by atoms with Crippen molar-refractivity contribution in [1.82, 2.24) is 10.9 Å². The second-order valence-electron chi connectivity index (χ2n) is 3.76. The van der Waals surface area contributed by atoms with E-state index in [1.54, 1.807) is 11.3 Å². The van der Waals surface area contributed by atoms with Gasteiger partial charge in [-0.1, -0.05) is 19.9 Å². The third kappa shape index (κ3) is 2.02. The van der Waals surface area contributed by atoms with Gasteiger partial charge < -0.3 is 0 Å². The number of hydrogen-bond donors (Lipinski definition) is 2. The number of aliphatic imine (C=N–C) groups is 1. The summed E-state index contributed by atoms with van der Waals surface area (Å²) in [6.07, 6.45) is 0. The van der Waals surface area contributed by atoms with Crippen molar-refractivity contribution in [3.05, 3.63) is 22.4 Å². The third-order valence-corrected chi connectivity index (χ3v) is 3.10. The van der Waals surface area contributed by atoms with Crippen LogP contribution in [-0.2, 0) is 4.79 Å². The number of carbonyl (C=O) groups excluding carboxylic acids is 1. The standard InChI is InChI=1S/C10H13N3OS/c1-6(2)8-10(14)13-12-9(11-8)7-4-3-5-15-7/h3-6,8H,1-2H3,(H,11,12)(H,13,14). The lowest BCUT2D eigenvalue weighted by atomic mass is 10.0. The number of carbonyl (C=O) groups is 1. The summed E-state index contributed by atoms with van der Waals surface area (Å²) in [4.78, 5) is 16.9.